The highest BCUT2D eigenvalue weighted by Crippen LogP contribution is 2.28. The average Bonchev–Trinajstić information content (AvgIpc) is 2.12. The van der Waals surface area contributed by atoms with E-state index < -0.39 is 15.6 Å². The van der Waals surface area contributed by atoms with Crippen molar-refractivity contribution in [3.63, 3.8) is 0 Å². The van der Waals surface area contributed by atoms with Gasteiger partial charge in [-0.1, -0.05) is 22.4 Å². The maximum atomic E-state index is 11.3. The molecule has 4 nitrogen and oxygen atoms in total. The van der Waals surface area contributed by atoms with Crippen LogP contribution in [0.25, 0.3) is 0 Å². The number of rotatable bonds is 4. The Bertz CT molecular complexity index is 342. The molecule has 0 aromatic carbocycles. The molecule has 16 heavy (non-hydrogen) atoms. The first kappa shape index (κ1) is 14.0. The molecule has 94 valence electrons. The van der Waals surface area contributed by atoms with Gasteiger partial charge in [0.15, 0.2) is 9.84 Å². The molecule has 0 radical (unpaired) electrons. The number of carbonyl (C=O) groups excluding carboxylic acids is 1. The fourth-order valence-corrected chi connectivity index (χ4v) is 3.39. The quantitative estimate of drug-likeness (QED) is 0.791. The Morgan fingerprint density at radius 3 is 2.69 bits per heavy atom. The number of nitrogens with one attached hydrogen (secondary N) is 1. The van der Waals surface area contributed by atoms with E-state index in [1.807, 2.05) is 0 Å². The fraction of sp³-hybridized carbons (Fsp3) is 0.900. The van der Waals surface area contributed by atoms with E-state index in [4.69, 9.17) is 0 Å². The first-order valence-electron chi connectivity index (χ1n) is 5.45. The molecule has 0 bridgehead atoms. The Hall–Kier alpha value is -0.100. The molecule has 0 spiro atoms. The summed E-state index contributed by atoms with van der Waals surface area (Å²) in [6, 6.07) is 0. The van der Waals surface area contributed by atoms with Crippen LogP contribution in [-0.2, 0) is 14.6 Å². The molecule has 1 amide bonds. The molecule has 0 aliphatic heterocycles. The van der Waals surface area contributed by atoms with Gasteiger partial charge in [0.1, 0.15) is 5.75 Å². The molecular weight excluding hydrogens is 294 g/mol. The molecule has 1 saturated carbocycles. The molecule has 2 unspecified atom stereocenters. The van der Waals surface area contributed by atoms with Crippen LogP contribution in [0.4, 0.5) is 0 Å². The van der Waals surface area contributed by atoms with Crippen LogP contribution >= 0.6 is 15.9 Å². The summed E-state index contributed by atoms with van der Waals surface area (Å²) >= 11 is 3.58. The monoisotopic (exact) mass is 311 g/mol. The molecule has 0 aromatic heterocycles. The summed E-state index contributed by atoms with van der Waals surface area (Å²) in [5.41, 5.74) is 0. The van der Waals surface area contributed by atoms with Crippen molar-refractivity contribution in [2.45, 2.75) is 30.5 Å². The van der Waals surface area contributed by atoms with E-state index in [9.17, 15) is 13.2 Å². The van der Waals surface area contributed by atoms with E-state index >= 15 is 0 Å². The molecule has 1 aliphatic carbocycles. The van der Waals surface area contributed by atoms with Crippen molar-refractivity contribution in [1.29, 1.82) is 0 Å². The lowest BCUT2D eigenvalue weighted by Crippen LogP contribution is -2.35. The van der Waals surface area contributed by atoms with Crippen LogP contribution in [0.2, 0.25) is 0 Å². The topological polar surface area (TPSA) is 63.2 Å². The van der Waals surface area contributed by atoms with E-state index in [1.165, 1.54) is 12.8 Å². The minimum atomic E-state index is -3.21. The SMILES string of the molecule is CS(=O)(=O)CC(=O)NCC1CCCC(Br)C1. The van der Waals surface area contributed by atoms with Crippen LogP contribution in [0.5, 0.6) is 0 Å². The summed E-state index contributed by atoms with van der Waals surface area (Å²) < 4.78 is 21.8. The molecule has 0 saturated heterocycles. The van der Waals surface area contributed by atoms with Crippen LogP contribution in [0, 0.1) is 5.92 Å². The molecule has 1 fully saturated rings. The van der Waals surface area contributed by atoms with Crippen LogP contribution in [0.3, 0.4) is 0 Å². The molecular formula is C10H18BrNO3S. The van der Waals surface area contributed by atoms with Crippen LogP contribution in [0.15, 0.2) is 0 Å². The van der Waals surface area contributed by atoms with Gasteiger partial charge in [-0.2, -0.15) is 0 Å². The van der Waals surface area contributed by atoms with Gasteiger partial charge in [-0.05, 0) is 25.2 Å². The summed E-state index contributed by atoms with van der Waals surface area (Å²) in [5.74, 6) is -0.321. The first-order chi connectivity index (χ1) is 7.37. The summed E-state index contributed by atoms with van der Waals surface area (Å²) in [7, 11) is -3.21. The minimum absolute atomic E-state index is 0.390. The second kappa shape index (κ2) is 6.00. The van der Waals surface area contributed by atoms with E-state index in [1.54, 1.807) is 0 Å². The third-order valence-corrected chi connectivity index (χ3v) is 4.32. The summed E-state index contributed by atoms with van der Waals surface area (Å²) in [6.45, 7) is 0.594. The van der Waals surface area contributed by atoms with Crippen molar-refractivity contribution >= 4 is 31.7 Å². The average molecular weight is 312 g/mol. The first-order valence-corrected chi connectivity index (χ1v) is 8.43. The predicted molar refractivity (Wildman–Crippen MR) is 67.4 cm³/mol. The Balaban J connectivity index is 2.26. The second-order valence-corrected chi connectivity index (χ2v) is 7.94. The molecule has 1 N–H and O–H groups in total. The molecule has 6 heteroatoms. The number of sulfone groups is 1. The predicted octanol–water partition coefficient (Wildman–Crippen LogP) is 1.10. The van der Waals surface area contributed by atoms with Crippen molar-refractivity contribution in [3.05, 3.63) is 0 Å². The highest BCUT2D eigenvalue weighted by atomic mass is 79.9. The lowest BCUT2D eigenvalue weighted by atomic mass is 9.89. The zero-order valence-electron chi connectivity index (χ0n) is 9.41. The van der Waals surface area contributed by atoms with Gasteiger partial charge in [0.05, 0.1) is 0 Å². The smallest absolute Gasteiger partial charge is 0.235 e. The fourth-order valence-electron chi connectivity index (χ4n) is 1.96. The third-order valence-electron chi connectivity index (χ3n) is 2.70. The zero-order valence-corrected chi connectivity index (χ0v) is 11.8. The third kappa shape index (κ3) is 5.84. The van der Waals surface area contributed by atoms with Gasteiger partial charge in [-0.15, -0.1) is 0 Å². The molecule has 2 atom stereocenters. The van der Waals surface area contributed by atoms with Crippen molar-refractivity contribution in [2.24, 2.45) is 5.92 Å². The maximum Gasteiger partial charge on any atom is 0.235 e. The Labute approximate surface area is 105 Å². The Morgan fingerprint density at radius 2 is 2.12 bits per heavy atom. The summed E-state index contributed by atoms with van der Waals surface area (Å²) in [6.07, 6.45) is 5.60. The largest absolute Gasteiger partial charge is 0.355 e. The van der Waals surface area contributed by atoms with Gasteiger partial charge >= 0.3 is 0 Å². The Kier molecular flexibility index (Phi) is 5.24. The molecule has 1 rings (SSSR count). The van der Waals surface area contributed by atoms with Crippen molar-refractivity contribution in [1.82, 2.24) is 5.32 Å². The number of hydrogen-bond donors (Lipinski definition) is 1. The number of amides is 1. The van der Waals surface area contributed by atoms with Crippen LogP contribution in [0.1, 0.15) is 25.7 Å². The normalized spacial score (nSPS) is 26.4. The van der Waals surface area contributed by atoms with Crippen molar-refractivity contribution in [2.75, 3.05) is 18.6 Å². The number of halogens is 1. The van der Waals surface area contributed by atoms with Crippen molar-refractivity contribution in [3.8, 4) is 0 Å². The number of alkyl halides is 1. The minimum Gasteiger partial charge on any atom is -0.355 e. The van der Waals surface area contributed by atoms with Gasteiger partial charge in [-0.3, -0.25) is 4.79 Å². The zero-order chi connectivity index (χ0) is 12.2. The van der Waals surface area contributed by atoms with Gasteiger partial charge in [0.25, 0.3) is 0 Å². The van der Waals surface area contributed by atoms with E-state index in [0.717, 1.165) is 19.1 Å². The Morgan fingerprint density at radius 1 is 1.44 bits per heavy atom. The van der Waals surface area contributed by atoms with Gasteiger partial charge in [0.2, 0.25) is 5.91 Å². The van der Waals surface area contributed by atoms with Crippen molar-refractivity contribution < 1.29 is 13.2 Å². The number of hydrogen-bond acceptors (Lipinski definition) is 3. The summed E-state index contributed by atoms with van der Waals surface area (Å²) in [4.78, 5) is 11.8. The standard InChI is InChI=1S/C10H18BrNO3S/c1-16(14,15)7-10(13)12-6-8-3-2-4-9(11)5-8/h8-9H,2-7H2,1H3,(H,12,13). The van der Waals surface area contributed by atoms with Gasteiger partial charge < -0.3 is 5.32 Å². The second-order valence-electron chi connectivity index (χ2n) is 4.50. The summed E-state index contributed by atoms with van der Waals surface area (Å²) in [5, 5.41) is 2.69. The lowest BCUT2D eigenvalue weighted by molar-refractivity contribution is -0.118. The highest BCUT2D eigenvalue weighted by Gasteiger charge is 2.20. The number of carbonyl (C=O) groups is 1. The molecule has 1 aliphatic rings. The molecule has 0 aromatic rings. The van der Waals surface area contributed by atoms with E-state index in [2.05, 4.69) is 21.2 Å². The van der Waals surface area contributed by atoms with E-state index in [-0.39, 0.29) is 5.91 Å². The highest BCUT2D eigenvalue weighted by molar-refractivity contribution is 9.09. The maximum absolute atomic E-state index is 11.3. The lowest BCUT2D eigenvalue weighted by Gasteiger charge is -2.25. The van der Waals surface area contributed by atoms with Crippen LogP contribution < -0.4 is 5.32 Å². The van der Waals surface area contributed by atoms with Crippen LogP contribution in [-0.4, -0.2) is 37.7 Å². The van der Waals surface area contributed by atoms with Gasteiger partial charge in [-0.25, -0.2) is 8.42 Å². The van der Waals surface area contributed by atoms with Gasteiger partial charge in [0, 0.05) is 17.6 Å². The molecule has 0 heterocycles. The van der Waals surface area contributed by atoms with E-state index in [0.29, 0.717) is 17.3 Å².